The lowest BCUT2D eigenvalue weighted by atomic mass is 10.2. The third-order valence-corrected chi connectivity index (χ3v) is 5.02. The van der Waals surface area contributed by atoms with E-state index in [9.17, 15) is 18.3 Å². The average Bonchev–Trinajstić information content (AvgIpc) is 2.81. The molecule has 0 spiro atoms. The van der Waals surface area contributed by atoms with Crippen LogP contribution in [0.4, 0.5) is 0 Å². The van der Waals surface area contributed by atoms with Gasteiger partial charge in [-0.3, -0.25) is 4.79 Å². The number of carboxylic acids is 1. The number of aliphatic hydroxyl groups is 1. The van der Waals surface area contributed by atoms with Crippen LogP contribution in [0.15, 0.2) is 29.2 Å². The molecule has 2 atom stereocenters. The molecule has 8 heteroatoms. The van der Waals surface area contributed by atoms with Crippen molar-refractivity contribution in [2.75, 3.05) is 6.54 Å². The van der Waals surface area contributed by atoms with Gasteiger partial charge in [0.15, 0.2) is 0 Å². The zero-order valence-electron chi connectivity index (χ0n) is 10.3. The van der Waals surface area contributed by atoms with Crippen molar-refractivity contribution in [2.45, 2.75) is 23.5 Å². The number of benzene rings is 1. The molecule has 106 valence electrons. The summed E-state index contributed by atoms with van der Waals surface area (Å²) in [6, 6.07) is 5.66. The summed E-state index contributed by atoms with van der Waals surface area (Å²) in [4.78, 5) is 10.9. The molecule has 0 saturated carbocycles. The van der Waals surface area contributed by atoms with Crippen LogP contribution in [0.1, 0.15) is 12.0 Å². The molecule has 1 aromatic carbocycles. The van der Waals surface area contributed by atoms with Gasteiger partial charge in [-0.1, -0.05) is 6.07 Å². The van der Waals surface area contributed by atoms with Crippen LogP contribution in [0.5, 0.6) is 0 Å². The first-order valence-electron chi connectivity index (χ1n) is 5.81. The van der Waals surface area contributed by atoms with Gasteiger partial charge in [-0.15, -0.1) is 0 Å². The van der Waals surface area contributed by atoms with E-state index < -0.39 is 28.1 Å². The number of aliphatic carboxylic acids is 1. The van der Waals surface area contributed by atoms with Gasteiger partial charge in [-0.25, -0.2) is 8.42 Å². The fraction of sp³-hybridized carbons (Fsp3) is 0.333. The van der Waals surface area contributed by atoms with Crippen LogP contribution in [0.2, 0.25) is 0 Å². The number of hydrogen-bond donors (Lipinski definition) is 2. The molecule has 1 fully saturated rings. The Balaban J connectivity index is 2.45. The molecule has 7 nitrogen and oxygen atoms in total. The summed E-state index contributed by atoms with van der Waals surface area (Å²) >= 11 is 0. The molecule has 1 heterocycles. The van der Waals surface area contributed by atoms with Gasteiger partial charge in [-0.05, 0) is 24.6 Å². The van der Waals surface area contributed by atoms with Crippen molar-refractivity contribution in [3.8, 4) is 6.07 Å². The third-order valence-electron chi connectivity index (χ3n) is 3.14. The normalized spacial score (nSPS) is 23.4. The maximum Gasteiger partial charge on any atom is 0.324 e. The Morgan fingerprint density at radius 1 is 1.45 bits per heavy atom. The first-order valence-corrected chi connectivity index (χ1v) is 7.25. The van der Waals surface area contributed by atoms with Gasteiger partial charge in [0.25, 0.3) is 0 Å². The molecule has 0 bridgehead atoms. The van der Waals surface area contributed by atoms with Crippen LogP contribution in [0.25, 0.3) is 0 Å². The van der Waals surface area contributed by atoms with Crippen molar-refractivity contribution in [1.29, 1.82) is 5.26 Å². The van der Waals surface area contributed by atoms with Crippen molar-refractivity contribution < 1.29 is 23.4 Å². The minimum absolute atomic E-state index is 0.0636. The second-order valence-electron chi connectivity index (χ2n) is 4.39. The molecule has 1 aliphatic rings. The Hall–Kier alpha value is -1.95. The van der Waals surface area contributed by atoms with Crippen molar-refractivity contribution in [3.05, 3.63) is 29.8 Å². The number of aliphatic hydroxyl groups excluding tert-OH is 1. The predicted octanol–water partition coefficient (Wildman–Crippen LogP) is -0.233. The Kier molecular flexibility index (Phi) is 3.76. The number of hydrogen-bond acceptors (Lipinski definition) is 5. The third kappa shape index (κ3) is 2.38. The smallest absolute Gasteiger partial charge is 0.324 e. The molecule has 0 aliphatic carbocycles. The number of sulfonamides is 1. The SMILES string of the molecule is N#Cc1cccc(S(=O)(=O)N2CC[C@H](O)[C@H]2C(=O)O)c1. The maximum absolute atomic E-state index is 12.4. The predicted molar refractivity (Wildman–Crippen MR) is 67.1 cm³/mol. The summed E-state index contributed by atoms with van der Waals surface area (Å²) < 4.78 is 25.6. The summed E-state index contributed by atoms with van der Waals surface area (Å²) in [6.45, 7) is -0.0722. The van der Waals surface area contributed by atoms with E-state index in [2.05, 4.69) is 0 Å². The summed E-state index contributed by atoms with van der Waals surface area (Å²) in [5.74, 6) is -1.39. The van der Waals surface area contributed by atoms with Gasteiger partial charge in [0, 0.05) is 6.54 Å². The molecule has 1 saturated heterocycles. The maximum atomic E-state index is 12.4. The van der Waals surface area contributed by atoms with Gasteiger partial charge in [0.1, 0.15) is 6.04 Å². The van der Waals surface area contributed by atoms with E-state index in [4.69, 9.17) is 10.4 Å². The fourth-order valence-corrected chi connectivity index (χ4v) is 3.84. The van der Waals surface area contributed by atoms with Gasteiger partial charge in [0.05, 0.1) is 22.6 Å². The second kappa shape index (κ2) is 5.20. The van der Waals surface area contributed by atoms with E-state index in [-0.39, 0.29) is 23.4 Å². The van der Waals surface area contributed by atoms with Crippen molar-refractivity contribution >= 4 is 16.0 Å². The molecule has 1 aromatic rings. The monoisotopic (exact) mass is 296 g/mol. The van der Waals surface area contributed by atoms with E-state index >= 15 is 0 Å². The zero-order valence-corrected chi connectivity index (χ0v) is 11.1. The van der Waals surface area contributed by atoms with Crippen LogP contribution in [0, 0.1) is 11.3 Å². The van der Waals surface area contributed by atoms with E-state index in [0.29, 0.717) is 0 Å². The quantitative estimate of drug-likeness (QED) is 0.795. The number of carboxylic acid groups (broad SMARTS) is 1. The van der Waals surface area contributed by atoms with Gasteiger partial charge < -0.3 is 10.2 Å². The average molecular weight is 296 g/mol. The minimum atomic E-state index is -4.06. The van der Waals surface area contributed by atoms with E-state index in [0.717, 1.165) is 4.31 Å². The number of carbonyl (C=O) groups is 1. The summed E-state index contributed by atoms with van der Waals surface area (Å²) in [5, 5.41) is 27.4. The van der Waals surface area contributed by atoms with Crippen LogP contribution in [0.3, 0.4) is 0 Å². The lowest BCUT2D eigenvalue weighted by Gasteiger charge is -2.22. The van der Waals surface area contributed by atoms with Crippen molar-refractivity contribution in [1.82, 2.24) is 4.31 Å². The highest BCUT2D eigenvalue weighted by molar-refractivity contribution is 7.89. The van der Waals surface area contributed by atoms with Crippen molar-refractivity contribution in [2.24, 2.45) is 0 Å². The van der Waals surface area contributed by atoms with E-state index in [1.165, 1.54) is 24.3 Å². The Bertz CT molecular complexity index is 679. The summed E-state index contributed by atoms with van der Waals surface area (Å²) in [7, 11) is -4.06. The highest BCUT2D eigenvalue weighted by Crippen LogP contribution is 2.27. The molecule has 0 amide bonds. The molecular formula is C12H12N2O5S. The first-order chi connectivity index (χ1) is 9.37. The number of rotatable bonds is 3. The Morgan fingerprint density at radius 3 is 2.75 bits per heavy atom. The molecule has 1 aliphatic heterocycles. The second-order valence-corrected chi connectivity index (χ2v) is 6.29. The van der Waals surface area contributed by atoms with E-state index in [1.54, 1.807) is 0 Å². The summed E-state index contributed by atoms with van der Waals surface area (Å²) in [5.41, 5.74) is 0.165. The van der Waals surface area contributed by atoms with Gasteiger partial charge in [0.2, 0.25) is 10.0 Å². The minimum Gasteiger partial charge on any atom is -0.480 e. The standard InChI is InChI=1S/C12H12N2O5S/c13-7-8-2-1-3-9(6-8)20(18,19)14-5-4-10(15)11(14)12(16)17/h1-3,6,10-11,15H,4-5H2,(H,16,17)/t10-,11-/m0/s1. The van der Waals surface area contributed by atoms with Gasteiger partial charge >= 0.3 is 5.97 Å². The number of nitriles is 1. The lowest BCUT2D eigenvalue weighted by Crippen LogP contribution is -2.44. The number of nitrogens with zero attached hydrogens (tertiary/aromatic N) is 2. The lowest BCUT2D eigenvalue weighted by molar-refractivity contribution is -0.143. The molecular weight excluding hydrogens is 284 g/mol. The zero-order chi connectivity index (χ0) is 14.9. The first kappa shape index (κ1) is 14.5. The van der Waals surface area contributed by atoms with Crippen LogP contribution in [-0.2, 0) is 14.8 Å². The highest BCUT2D eigenvalue weighted by Gasteiger charge is 2.45. The highest BCUT2D eigenvalue weighted by atomic mass is 32.2. The van der Waals surface area contributed by atoms with Crippen LogP contribution in [-0.4, -0.2) is 47.6 Å². The molecule has 2 N–H and O–H groups in total. The Morgan fingerprint density at radius 2 is 2.15 bits per heavy atom. The van der Waals surface area contributed by atoms with Crippen LogP contribution >= 0.6 is 0 Å². The summed E-state index contributed by atoms with van der Waals surface area (Å²) in [6.07, 6.45) is -1.17. The largest absolute Gasteiger partial charge is 0.480 e. The van der Waals surface area contributed by atoms with Gasteiger partial charge in [-0.2, -0.15) is 9.57 Å². The molecule has 0 unspecified atom stereocenters. The van der Waals surface area contributed by atoms with E-state index in [1.807, 2.05) is 6.07 Å². The Labute approximate surface area is 115 Å². The van der Waals surface area contributed by atoms with Crippen LogP contribution < -0.4 is 0 Å². The molecule has 20 heavy (non-hydrogen) atoms. The molecule has 0 radical (unpaired) electrons. The topological polar surface area (TPSA) is 119 Å². The molecule has 0 aromatic heterocycles. The fourth-order valence-electron chi connectivity index (χ4n) is 2.17. The van der Waals surface area contributed by atoms with Crippen molar-refractivity contribution in [3.63, 3.8) is 0 Å². The molecule has 2 rings (SSSR count).